The average Bonchev–Trinajstić information content (AvgIpc) is 2.40. The third-order valence-corrected chi connectivity index (χ3v) is 5.01. The Kier molecular flexibility index (Phi) is 6.15. The number of rotatable bonds is 7. The van der Waals surface area contributed by atoms with E-state index >= 15 is 0 Å². The van der Waals surface area contributed by atoms with Crippen LogP contribution >= 0.6 is 7.37 Å². The molecule has 19 heavy (non-hydrogen) atoms. The molecule has 6 nitrogen and oxygen atoms in total. The minimum absolute atomic E-state index is 0.165. The van der Waals surface area contributed by atoms with E-state index in [0.717, 1.165) is 0 Å². The number of nitrogens with two attached hydrogens (primary N) is 1. The molecule has 0 bridgehead atoms. The highest BCUT2D eigenvalue weighted by molar-refractivity contribution is 7.67. The predicted molar refractivity (Wildman–Crippen MR) is 72.3 cm³/mol. The number of esters is 1. The fraction of sp³-hybridized carbons (Fsp3) is 0.500. The summed E-state index contributed by atoms with van der Waals surface area (Å²) >= 11 is 0. The first-order chi connectivity index (χ1) is 9.04. The number of nitrogens with zero attached hydrogens (tertiary/aromatic N) is 1. The van der Waals surface area contributed by atoms with Gasteiger partial charge in [0.2, 0.25) is 0 Å². The summed E-state index contributed by atoms with van der Waals surface area (Å²) in [6.45, 7) is 3.90. The van der Waals surface area contributed by atoms with Gasteiger partial charge in [-0.3, -0.25) is 14.3 Å². The number of ether oxygens (including phenoxy) is 1. The van der Waals surface area contributed by atoms with Crippen molar-refractivity contribution >= 4 is 18.8 Å². The van der Waals surface area contributed by atoms with Gasteiger partial charge in [0.25, 0.3) is 7.37 Å². The molecule has 0 amide bonds. The zero-order chi connectivity index (χ0) is 14.3. The second kappa shape index (κ2) is 7.38. The molecule has 2 N–H and O–H groups in total. The molecule has 106 valence electrons. The summed E-state index contributed by atoms with van der Waals surface area (Å²) in [7, 11) is -3.37. The van der Waals surface area contributed by atoms with E-state index in [1.807, 2.05) is 0 Å². The van der Waals surface area contributed by atoms with Crippen molar-refractivity contribution in [1.82, 2.24) is 4.98 Å². The molecular weight excluding hydrogens is 267 g/mol. The fourth-order valence-electron chi connectivity index (χ4n) is 1.57. The average molecular weight is 286 g/mol. The Hall–Kier alpha value is -1.23. The van der Waals surface area contributed by atoms with Crippen LogP contribution in [0.5, 0.6) is 0 Å². The summed E-state index contributed by atoms with van der Waals surface area (Å²) in [5.74, 6) is -1.45. The Morgan fingerprint density at radius 2 is 2.16 bits per heavy atom. The lowest BCUT2D eigenvalue weighted by Gasteiger charge is -2.22. The summed E-state index contributed by atoms with van der Waals surface area (Å²) < 4.78 is 23.0. The van der Waals surface area contributed by atoms with E-state index in [9.17, 15) is 9.36 Å². The Bertz CT molecular complexity index is 452. The quantitative estimate of drug-likeness (QED) is 0.599. The highest BCUT2D eigenvalue weighted by atomic mass is 31.2. The van der Waals surface area contributed by atoms with Crippen LogP contribution in [-0.4, -0.2) is 29.9 Å². The minimum Gasteiger partial charge on any atom is -0.466 e. The van der Waals surface area contributed by atoms with E-state index in [4.69, 9.17) is 15.0 Å². The lowest BCUT2D eigenvalue weighted by Crippen LogP contribution is -2.31. The highest BCUT2D eigenvalue weighted by Gasteiger charge is 2.36. The third kappa shape index (κ3) is 4.13. The van der Waals surface area contributed by atoms with Gasteiger partial charge in [-0.15, -0.1) is 0 Å². The van der Waals surface area contributed by atoms with E-state index in [2.05, 4.69) is 4.98 Å². The molecule has 0 aliphatic rings. The second-order valence-electron chi connectivity index (χ2n) is 3.78. The van der Waals surface area contributed by atoms with Gasteiger partial charge in [-0.25, -0.2) is 0 Å². The normalized spacial score (nSPS) is 15.5. The number of aromatic nitrogens is 1. The second-order valence-corrected chi connectivity index (χ2v) is 6.35. The van der Waals surface area contributed by atoms with Crippen molar-refractivity contribution in [2.75, 3.05) is 13.2 Å². The Balaban J connectivity index is 2.93. The molecule has 1 aromatic rings. The number of pyridine rings is 1. The Morgan fingerprint density at radius 1 is 1.42 bits per heavy atom. The lowest BCUT2D eigenvalue weighted by atomic mass is 10.4. The van der Waals surface area contributed by atoms with E-state index in [-0.39, 0.29) is 25.1 Å². The summed E-state index contributed by atoms with van der Waals surface area (Å²) in [5, 5.41) is 0. The Morgan fingerprint density at radius 3 is 2.68 bits per heavy atom. The molecule has 7 heteroatoms. The van der Waals surface area contributed by atoms with Crippen molar-refractivity contribution in [2.24, 2.45) is 5.73 Å². The Labute approximate surface area is 112 Å². The molecule has 0 aliphatic carbocycles. The number of hydrogen-bond donors (Lipinski definition) is 1. The van der Waals surface area contributed by atoms with Gasteiger partial charge >= 0.3 is 5.97 Å². The van der Waals surface area contributed by atoms with Crippen molar-refractivity contribution in [1.29, 1.82) is 0 Å². The molecule has 1 aromatic heterocycles. The van der Waals surface area contributed by atoms with Crippen LogP contribution in [-0.2, 0) is 18.6 Å². The summed E-state index contributed by atoms with van der Waals surface area (Å²) in [6, 6.07) is 4.99. The SMILES string of the molecule is CCOC(=O)CC(N)P(=O)(OCC)c1ccccn1. The van der Waals surface area contributed by atoms with Gasteiger partial charge in [-0.2, -0.15) is 0 Å². The summed E-state index contributed by atoms with van der Waals surface area (Å²) in [4.78, 5) is 15.5. The molecule has 0 saturated heterocycles. The highest BCUT2D eigenvalue weighted by Crippen LogP contribution is 2.49. The molecule has 2 unspecified atom stereocenters. The zero-order valence-corrected chi connectivity index (χ0v) is 12.0. The topological polar surface area (TPSA) is 91.5 Å². The van der Waals surface area contributed by atoms with Gasteiger partial charge in [0, 0.05) is 6.20 Å². The van der Waals surface area contributed by atoms with Crippen LogP contribution in [0.1, 0.15) is 20.3 Å². The molecule has 0 aromatic carbocycles. The monoisotopic (exact) mass is 286 g/mol. The van der Waals surface area contributed by atoms with Crippen LogP contribution < -0.4 is 11.2 Å². The van der Waals surface area contributed by atoms with Crippen LogP contribution in [0.3, 0.4) is 0 Å². The van der Waals surface area contributed by atoms with Gasteiger partial charge in [0.1, 0.15) is 5.44 Å². The van der Waals surface area contributed by atoms with Gasteiger partial charge in [0.15, 0.2) is 0 Å². The zero-order valence-electron chi connectivity index (χ0n) is 11.1. The molecule has 0 aliphatic heterocycles. The fourth-order valence-corrected chi connectivity index (χ4v) is 3.53. The molecule has 0 fully saturated rings. The standard InChI is InChI=1S/C12H19N2O4P/c1-3-17-12(15)9-10(13)19(16,18-4-2)11-7-5-6-8-14-11/h5-8,10H,3-4,9,13H2,1-2H3. The first kappa shape index (κ1) is 15.8. The van der Waals surface area contributed by atoms with Crippen LogP contribution in [0, 0.1) is 0 Å². The van der Waals surface area contributed by atoms with Crippen molar-refractivity contribution in [3.05, 3.63) is 24.4 Å². The minimum atomic E-state index is -3.37. The maximum atomic E-state index is 12.8. The van der Waals surface area contributed by atoms with E-state index in [0.29, 0.717) is 0 Å². The van der Waals surface area contributed by atoms with Crippen molar-refractivity contribution in [3.8, 4) is 0 Å². The van der Waals surface area contributed by atoms with Crippen molar-refractivity contribution in [2.45, 2.75) is 26.1 Å². The predicted octanol–water partition coefficient (Wildman–Crippen LogP) is 1.26. The first-order valence-electron chi connectivity index (χ1n) is 6.11. The lowest BCUT2D eigenvalue weighted by molar-refractivity contribution is -0.143. The van der Waals surface area contributed by atoms with Crippen molar-refractivity contribution in [3.63, 3.8) is 0 Å². The first-order valence-corrected chi connectivity index (χ1v) is 7.81. The van der Waals surface area contributed by atoms with Gasteiger partial charge in [-0.1, -0.05) is 6.07 Å². The van der Waals surface area contributed by atoms with E-state index in [1.165, 1.54) is 6.20 Å². The largest absolute Gasteiger partial charge is 0.466 e. The molecule has 0 saturated carbocycles. The van der Waals surface area contributed by atoms with Crippen LogP contribution in [0.15, 0.2) is 24.4 Å². The summed E-state index contributed by atoms with van der Waals surface area (Å²) in [6.07, 6.45) is 1.35. The van der Waals surface area contributed by atoms with Crippen molar-refractivity contribution < 1.29 is 18.6 Å². The maximum Gasteiger partial charge on any atom is 0.307 e. The van der Waals surface area contributed by atoms with Crippen LogP contribution in [0.2, 0.25) is 0 Å². The van der Waals surface area contributed by atoms with Crippen LogP contribution in [0.25, 0.3) is 0 Å². The molecule has 2 atom stereocenters. The van der Waals surface area contributed by atoms with Gasteiger partial charge in [0.05, 0.1) is 25.4 Å². The van der Waals surface area contributed by atoms with Gasteiger partial charge in [-0.05, 0) is 26.0 Å². The maximum absolute atomic E-state index is 12.8. The van der Waals surface area contributed by atoms with E-state index in [1.54, 1.807) is 32.0 Å². The number of hydrogen-bond acceptors (Lipinski definition) is 6. The van der Waals surface area contributed by atoms with Gasteiger partial charge < -0.3 is 15.0 Å². The molecule has 1 rings (SSSR count). The summed E-state index contributed by atoms with van der Waals surface area (Å²) in [5.41, 5.74) is 6.14. The molecule has 1 heterocycles. The molecule has 0 radical (unpaired) electrons. The number of carbonyl (C=O) groups is 1. The molecule has 0 spiro atoms. The third-order valence-electron chi connectivity index (χ3n) is 2.41. The molecular formula is C12H19N2O4P. The smallest absolute Gasteiger partial charge is 0.307 e. The number of carbonyl (C=O) groups excluding carboxylic acids is 1. The van der Waals surface area contributed by atoms with Crippen LogP contribution in [0.4, 0.5) is 0 Å². The van der Waals surface area contributed by atoms with E-state index < -0.39 is 19.1 Å².